The van der Waals surface area contributed by atoms with Crippen molar-refractivity contribution in [3.8, 4) is 5.75 Å². The zero-order valence-corrected chi connectivity index (χ0v) is 13.2. The van der Waals surface area contributed by atoms with Crippen molar-refractivity contribution in [2.45, 2.75) is 11.8 Å². The maximum Gasteiger partial charge on any atom is 0.339 e. The third-order valence-corrected chi connectivity index (χ3v) is 4.09. The summed E-state index contributed by atoms with van der Waals surface area (Å²) in [7, 11) is -3.93. The van der Waals surface area contributed by atoms with Gasteiger partial charge in [-0.3, -0.25) is 0 Å². The summed E-state index contributed by atoms with van der Waals surface area (Å²) in [5, 5.41) is 6.10. The topological polar surface area (TPSA) is 122 Å². The molecule has 23 heavy (non-hydrogen) atoms. The van der Waals surface area contributed by atoms with E-state index in [1.54, 1.807) is 30.3 Å². The molecule has 120 valence electrons. The minimum absolute atomic E-state index is 0.0788. The second-order valence-electron chi connectivity index (χ2n) is 4.70. The van der Waals surface area contributed by atoms with E-state index in [0.717, 1.165) is 5.56 Å². The van der Waals surface area contributed by atoms with Crippen molar-refractivity contribution < 1.29 is 17.7 Å². The van der Waals surface area contributed by atoms with Gasteiger partial charge in [-0.25, -0.2) is 0 Å². The number of aryl methyl sites for hydroxylation is 1. The summed E-state index contributed by atoms with van der Waals surface area (Å²) in [6.07, 6.45) is 1.43. The number of hydrogen-bond acceptors (Lipinski definition) is 4. The van der Waals surface area contributed by atoms with Crippen molar-refractivity contribution in [3.05, 3.63) is 59.7 Å². The third kappa shape index (κ3) is 4.55. The smallest absolute Gasteiger partial charge is 0.339 e. The molecule has 0 aliphatic rings. The number of hydrazone groups is 1. The molecule has 0 atom stereocenters. The Morgan fingerprint density at radius 2 is 1.78 bits per heavy atom. The Morgan fingerprint density at radius 1 is 1.13 bits per heavy atom. The largest absolute Gasteiger partial charge is 0.378 e. The van der Waals surface area contributed by atoms with E-state index in [2.05, 4.69) is 10.2 Å². The molecule has 0 heterocycles. The van der Waals surface area contributed by atoms with Crippen LogP contribution in [0.2, 0.25) is 0 Å². The van der Waals surface area contributed by atoms with Crippen LogP contribution < -0.4 is 20.8 Å². The summed E-state index contributed by atoms with van der Waals surface area (Å²) in [5.74, 6) is 0.0123. The van der Waals surface area contributed by atoms with Crippen LogP contribution in [0.3, 0.4) is 0 Å². The van der Waals surface area contributed by atoms with Gasteiger partial charge in [0.25, 0.3) is 5.96 Å². The third-order valence-electron chi connectivity index (χ3n) is 2.84. The molecule has 2 aromatic carbocycles. The molecule has 0 saturated carbocycles. The van der Waals surface area contributed by atoms with Crippen molar-refractivity contribution in [2.24, 2.45) is 16.6 Å². The van der Waals surface area contributed by atoms with E-state index < -0.39 is 10.1 Å². The summed E-state index contributed by atoms with van der Waals surface area (Å²) >= 11 is 0. The van der Waals surface area contributed by atoms with Crippen LogP contribution in [0, 0.1) is 6.92 Å². The fourth-order valence-corrected chi connectivity index (χ4v) is 2.68. The number of para-hydroxylation sites is 1. The quantitative estimate of drug-likeness (QED) is 0.293. The fraction of sp³-hybridized carbons (Fsp3) is 0.0667. The van der Waals surface area contributed by atoms with E-state index in [-0.39, 0.29) is 16.6 Å². The van der Waals surface area contributed by atoms with Gasteiger partial charge in [0.1, 0.15) is 4.90 Å². The van der Waals surface area contributed by atoms with Gasteiger partial charge < -0.3 is 15.7 Å². The van der Waals surface area contributed by atoms with Crippen LogP contribution in [0.5, 0.6) is 5.75 Å². The predicted octanol–water partition coefficient (Wildman–Crippen LogP) is -0.549. The Hall–Kier alpha value is -2.87. The summed E-state index contributed by atoms with van der Waals surface area (Å²) in [5.41, 5.74) is 11.8. The molecular weight excluding hydrogens is 316 g/mol. The number of nitrogens with one attached hydrogen (secondary N) is 1. The van der Waals surface area contributed by atoms with Gasteiger partial charge in [-0.05, 0) is 31.2 Å². The van der Waals surface area contributed by atoms with E-state index in [4.69, 9.17) is 15.7 Å². The van der Waals surface area contributed by atoms with Crippen molar-refractivity contribution >= 4 is 22.3 Å². The maximum absolute atomic E-state index is 12.3. The zero-order valence-electron chi connectivity index (χ0n) is 12.4. The van der Waals surface area contributed by atoms with Crippen LogP contribution in [-0.4, -0.2) is 20.6 Å². The predicted molar refractivity (Wildman–Crippen MR) is 87.4 cm³/mol. The molecule has 0 radical (unpaired) electrons. The van der Waals surface area contributed by atoms with Crippen LogP contribution in [0.15, 0.2) is 58.5 Å². The Balaban J connectivity index is 2.31. The van der Waals surface area contributed by atoms with Gasteiger partial charge in [-0.2, -0.15) is 8.42 Å². The average Bonchev–Trinajstić information content (AvgIpc) is 2.49. The number of nitrogens with zero attached hydrogens (tertiary/aromatic N) is 1. The van der Waals surface area contributed by atoms with Crippen molar-refractivity contribution in [3.63, 3.8) is 0 Å². The number of hydrogen-bond donors (Lipinski definition) is 3. The normalized spacial score (nSPS) is 11.3. The number of nitrogens with two attached hydrogens (primary N) is 2. The molecule has 0 aromatic heterocycles. The van der Waals surface area contributed by atoms with Crippen molar-refractivity contribution in [1.29, 1.82) is 0 Å². The van der Waals surface area contributed by atoms with Crippen molar-refractivity contribution in [2.75, 3.05) is 0 Å². The Labute approximate surface area is 134 Å². The molecule has 2 rings (SSSR count). The molecule has 0 bridgehead atoms. The fourth-order valence-electron chi connectivity index (χ4n) is 1.72. The Morgan fingerprint density at radius 3 is 2.43 bits per heavy atom. The average molecular weight is 333 g/mol. The van der Waals surface area contributed by atoms with E-state index in [0.29, 0.717) is 5.56 Å². The molecule has 0 aliphatic heterocycles. The van der Waals surface area contributed by atoms with Crippen LogP contribution in [0.1, 0.15) is 11.1 Å². The molecule has 2 aromatic rings. The van der Waals surface area contributed by atoms with Gasteiger partial charge >= 0.3 is 10.1 Å². The minimum Gasteiger partial charge on any atom is -0.378 e. The Kier molecular flexibility index (Phi) is 4.97. The SMILES string of the molecule is Cc1ccc(S(=O)(=O)Oc2ccccc2/C=[NH+]\N=C(N)N)cc1. The highest BCUT2D eigenvalue weighted by Gasteiger charge is 2.18. The first kappa shape index (κ1) is 16.5. The van der Waals surface area contributed by atoms with E-state index >= 15 is 0 Å². The molecule has 0 aliphatic carbocycles. The second kappa shape index (κ2) is 6.93. The first-order valence-corrected chi connectivity index (χ1v) is 8.07. The highest BCUT2D eigenvalue weighted by atomic mass is 32.2. The molecule has 0 saturated heterocycles. The monoisotopic (exact) mass is 333 g/mol. The zero-order chi connectivity index (χ0) is 16.9. The summed E-state index contributed by atoms with van der Waals surface area (Å²) in [6, 6.07) is 13.0. The van der Waals surface area contributed by atoms with Gasteiger partial charge in [-0.1, -0.05) is 29.8 Å². The van der Waals surface area contributed by atoms with E-state index in [1.807, 2.05) is 6.92 Å². The second-order valence-corrected chi connectivity index (χ2v) is 6.24. The van der Waals surface area contributed by atoms with Gasteiger partial charge in [-0.15, -0.1) is 5.10 Å². The lowest BCUT2D eigenvalue weighted by molar-refractivity contribution is -0.456. The lowest BCUT2D eigenvalue weighted by atomic mass is 10.2. The van der Waals surface area contributed by atoms with Crippen LogP contribution >= 0.6 is 0 Å². The van der Waals surface area contributed by atoms with Gasteiger partial charge in [0.15, 0.2) is 5.75 Å². The van der Waals surface area contributed by atoms with E-state index in [1.165, 1.54) is 24.4 Å². The number of guanidine groups is 1. The van der Waals surface area contributed by atoms with Gasteiger partial charge in [0.2, 0.25) is 6.21 Å². The first-order chi connectivity index (χ1) is 10.9. The van der Waals surface area contributed by atoms with Crippen molar-refractivity contribution in [1.82, 2.24) is 0 Å². The molecule has 0 amide bonds. The highest BCUT2D eigenvalue weighted by molar-refractivity contribution is 7.87. The molecule has 0 unspecified atom stereocenters. The van der Waals surface area contributed by atoms with Gasteiger partial charge in [0, 0.05) is 5.10 Å². The highest BCUT2D eigenvalue weighted by Crippen LogP contribution is 2.21. The summed E-state index contributed by atoms with van der Waals surface area (Å²) < 4.78 is 29.9. The lowest BCUT2D eigenvalue weighted by Gasteiger charge is -2.08. The van der Waals surface area contributed by atoms with Crippen LogP contribution in [0.4, 0.5) is 0 Å². The summed E-state index contributed by atoms with van der Waals surface area (Å²) in [4.78, 5) is 0.0788. The molecule has 0 fully saturated rings. The molecular formula is C15H17N4O3S+. The van der Waals surface area contributed by atoms with Crippen LogP contribution in [-0.2, 0) is 10.1 Å². The molecule has 5 N–H and O–H groups in total. The van der Waals surface area contributed by atoms with E-state index in [9.17, 15) is 8.42 Å². The van der Waals surface area contributed by atoms with Crippen LogP contribution in [0.25, 0.3) is 0 Å². The summed E-state index contributed by atoms with van der Waals surface area (Å²) in [6.45, 7) is 1.87. The Bertz CT molecular complexity index is 839. The maximum atomic E-state index is 12.3. The van der Waals surface area contributed by atoms with Gasteiger partial charge in [0.05, 0.1) is 5.56 Å². The molecule has 7 nitrogen and oxygen atoms in total. The molecule has 8 heteroatoms. The first-order valence-electron chi connectivity index (χ1n) is 6.66. The lowest BCUT2D eigenvalue weighted by Crippen LogP contribution is -2.63. The standard InChI is InChI=1S/C15H16N4O3S/c1-11-6-8-13(9-7-11)23(20,21)22-14-5-3-2-4-12(14)10-18-19-15(16)17/h2-10H,1H3,(H4,16,17,19)/p+1/b18-10-. The molecule has 0 spiro atoms. The minimum atomic E-state index is -3.93. The number of rotatable bonds is 5. The number of benzene rings is 2.